The van der Waals surface area contributed by atoms with Crippen LogP contribution in [0.5, 0.6) is 0 Å². The summed E-state index contributed by atoms with van der Waals surface area (Å²) in [7, 11) is -0.576. The third-order valence-electron chi connectivity index (χ3n) is 8.86. The molecule has 7 aromatic carbocycles. The van der Waals surface area contributed by atoms with Crippen molar-refractivity contribution < 1.29 is 0 Å². The van der Waals surface area contributed by atoms with Crippen molar-refractivity contribution in [3.05, 3.63) is 152 Å². The first-order valence-electron chi connectivity index (χ1n) is 14.8. The fraction of sp³-hybridized carbons (Fsp3) is 0. The van der Waals surface area contributed by atoms with Crippen LogP contribution >= 0.6 is 11.3 Å². The lowest BCUT2D eigenvalue weighted by atomic mass is 9.99. The molecule has 1 aliphatic rings. The van der Waals surface area contributed by atoms with Gasteiger partial charge in [-0.3, -0.25) is 0 Å². The molecule has 43 heavy (non-hydrogen) atoms. The molecular formula is C40H27NSSi. The molecule has 0 unspecified atom stereocenters. The van der Waals surface area contributed by atoms with Crippen LogP contribution in [0.4, 0.5) is 17.1 Å². The van der Waals surface area contributed by atoms with E-state index < -0.39 is 9.52 Å². The van der Waals surface area contributed by atoms with E-state index in [1.54, 1.807) is 5.19 Å². The summed E-state index contributed by atoms with van der Waals surface area (Å²) in [6.07, 6.45) is 0. The quantitative estimate of drug-likeness (QED) is 0.187. The van der Waals surface area contributed by atoms with E-state index >= 15 is 0 Å². The number of para-hydroxylation sites is 1. The second-order valence-corrected chi connectivity index (χ2v) is 14.3. The number of hydrogen-bond donors (Lipinski definition) is 0. The van der Waals surface area contributed by atoms with E-state index in [9.17, 15) is 0 Å². The predicted octanol–water partition coefficient (Wildman–Crippen LogP) is 9.44. The second kappa shape index (κ2) is 9.81. The standard InChI is InChI=1S/C40H27NSSi/c1-2-11-30(12-3-1)41(31-21-19-27(20-22-31)29-18-17-26-9-4-5-10-28(26)25-29)34-14-8-16-36-38(34)39-37(43-36)24-23-33-32-13-6-7-15-35(32)42-40(33)39/h1-25H,43H2. The molecule has 0 atom stereocenters. The average molecular weight is 582 g/mol. The summed E-state index contributed by atoms with van der Waals surface area (Å²) in [5, 5.41) is 8.37. The lowest BCUT2D eigenvalue weighted by Gasteiger charge is -2.28. The summed E-state index contributed by atoms with van der Waals surface area (Å²) in [6.45, 7) is 0. The van der Waals surface area contributed by atoms with E-state index in [1.165, 1.54) is 75.4 Å². The lowest BCUT2D eigenvalue weighted by Crippen LogP contribution is -2.21. The number of thiophene rings is 1. The van der Waals surface area contributed by atoms with Gasteiger partial charge in [0.1, 0.15) is 0 Å². The van der Waals surface area contributed by atoms with Crippen LogP contribution < -0.4 is 15.3 Å². The second-order valence-electron chi connectivity index (χ2n) is 11.3. The van der Waals surface area contributed by atoms with Crippen LogP contribution in [0.25, 0.3) is 53.2 Å². The molecule has 3 heteroatoms. The SMILES string of the molecule is c1ccc(N(c2ccc(-c3ccc4ccccc4c3)cc2)c2cccc3c2-c2c(ccc4c2sc2ccccc24)[SiH2]3)cc1. The molecule has 1 nitrogen and oxygen atoms in total. The van der Waals surface area contributed by atoms with Crippen molar-refractivity contribution in [1.29, 1.82) is 0 Å². The highest BCUT2D eigenvalue weighted by Crippen LogP contribution is 2.46. The Kier molecular flexibility index (Phi) is 5.61. The van der Waals surface area contributed by atoms with Gasteiger partial charge in [0.05, 0.1) is 15.2 Å². The van der Waals surface area contributed by atoms with E-state index in [2.05, 4.69) is 157 Å². The van der Waals surface area contributed by atoms with Gasteiger partial charge in [0.15, 0.2) is 0 Å². The Bertz CT molecular complexity index is 2320. The molecule has 1 aromatic heterocycles. The van der Waals surface area contributed by atoms with Crippen LogP contribution in [0.15, 0.2) is 152 Å². The molecule has 0 fully saturated rings. The van der Waals surface area contributed by atoms with Gasteiger partial charge < -0.3 is 4.90 Å². The molecule has 0 spiro atoms. The Hall–Kier alpha value is -4.96. The number of anilines is 3. The topological polar surface area (TPSA) is 3.24 Å². The predicted molar refractivity (Wildman–Crippen MR) is 190 cm³/mol. The van der Waals surface area contributed by atoms with Gasteiger partial charge in [0.25, 0.3) is 0 Å². The van der Waals surface area contributed by atoms with Crippen molar-refractivity contribution in [2.24, 2.45) is 0 Å². The summed E-state index contributed by atoms with van der Waals surface area (Å²) in [6, 6.07) is 55.8. The van der Waals surface area contributed by atoms with Gasteiger partial charge in [-0.15, -0.1) is 11.3 Å². The first-order valence-corrected chi connectivity index (χ1v) is 17.0. The molecule has 2 heterocycles. The van der Waals surface area contributed by atoms with Gasteiger partial charge in [0.2, 0.25) is 0 Å². The van der Waals surface area contributed by atoms with Crippen molar-refractivity contribution >= 4 is 79.2 Å². The van der Waals surface area contributed by atoms with E-state index in [4.69, 9.17) is 0 Å². The Balaban J connectivity index is 1.22. The van der Waals surface area contributed by atoms with Crippen molar-refractivity contribution in [3.63, 3.8) is 0 Å². The molecule has 1 aliphatic heterocycles. The van der Waals surface area contributed by atoms with Gasteiger partial charge in [-0.1, -0.05) is 120 Å². The van der Waals surface area contributed by atoms with Crippen molar-refractivity contribution in [2.45, 2.75) is 0 Å². The zero-order valence-electron chi connectivity index (χ0n) is 23.5. The molecule has 9 rings (SSSR count). The minimum Gasteiger partial charge on any atom is -0.310 e. The van der Waals surface area contributed by atoms with E-state index in [1.807, 2.05) is 11.3 Å². The fourth-order valence-electron chi connectivity index (χ4n) is 6.84. The largest absolute Gasteiger partial charge is 0.310 e. The normalized spacial score (nSPS) is 12.7. The van der Waals surface area contributed by atoms with Crippen molar-refractivity contribution in [2.75, 3.05) is 4.90 Å². The maximum Gasteiger partial charge on any atom is 0.0893 e. The van der Waals surface area contributed by atoms with Gasteiger partial charge in [-0.2, -0.15) is 0 Å². The third kappa shape index (κ3) is 3.97. The molecule has 0 N–H and O–H groups in total. The van der Waals surface area contributed by atoms with Crippen LogP contribution in [0.3, 0.4) is 0 Å². The van der Waals surface area contributed by atoms with E-state index in [0.717, 1.165) is 0 Å². The first-order chi connectivity index (χ1) is 21.3. The average Bonchev–Trinajstić information content (AvgIpc) is 3.64. The number of nitrogens with zero attached hydrogens (tertiary/aromatic N) is 1. The fourth-order valence-corrected chi connectivity index (χ4v) is 10.2. The van der Waals surface area contributed by atoms with Crippen molar-refractivity contribution in [1.82, 2.24) is 0 Å². The third-order valence-corrected chi connectivity index (χ3v) is 12.0. The van der Waals surface area contributed by atoms with E-state index in [0.29, 0.717) is 0 Å². The minimum atomic E-state index is -0.576. The Morgan fingerprint density at radius 3 is 2.07 bits per heavy atom. The smallest absolute Gasteiger partial charge is 0.0893 e. The van der Waals surface area contributed by atoms with Crippen molar-refractivity contribution in [3.8, 4) is 22.3 Å². The highest BCUT2D eigenvalue weighted by Gasteiger charge is 2.28. The Labute approximate surface area is 257 Å². The molecule has 0 amide bonds. The monoisotopic (exact) mass is 581 g/mol. The van der Waals surface area contributed by atoms with Gasteiger partial charge in [-0.05, 0) is 64.4 Å². The van der Waals surface area contributed by atoms with Crippen LogP contribution in [-0.2, 0) is 0 Å². The molecule has 0 bridgehead atoms. The summed E-state index contributed by atoms with van der Waals surface area (Å²) in [5.41, 5.74) is 8.96. The number of benzene rings is 7. The molecule has 0 aliphatic carbocycles. The van der Waals surface area contributed by atoms with Crippen LogP contribution in [0.2, 0.25) is 0 Å². The maximum atomic E-state index is 2.46. The van der Waals surface area contributed by atoms with Gasteiger partial charge in [0, 0.05) is 42.7 Å². The highest BCUT2D eigenvalue weighted by atomic mass is 32.1. The molecule has 0 saturated carbocycles. The van der Waals surface area contributed by atoms with Crippen LogP contribution in [-0.4, -0.2) is 9.52 Å². The van der Waals surface area contributed by atoms with Crippen LogP contribution in [0.1, 0.15) is 0 Å². The highest BCUT2D eigenvalue weighted by molar-refractivity contribution is 7.26. The van der Waals surface area contributed by atoms with Gasteiger partial charge >= 0.3 is 0 Å². The molecule has 0 saturated heterocycles. The molecule has 8 aromatic rings. The molecular weight excluding hydrogens is 555 g/mol. The Morgan fingerprint density at radius 1 is 0.465 bits per heavy atom. The Morgan fingerprint density at radius 2 is 1.19 bits per heavy atom. The maximum absolute atomic E-state index is 2.46. The van der Waals surface area contributed by atoms with E-state index in [-0.39, 0.29) is 0 Å². The number of fused-ring (bicyclic) bond motifs is 8. The zero-order valence-corrected chi connectivity index (χ0v) is 25.7. The first kappa shape index (κ1) is 24.6. The number of hydrogen-bond acceptors (Lipinski definition) is 2. The summed E-state index contributed by atoms with van der Waals surface area (Å²) >= 11 is 1.95. The van der Waals surface area contributed by atoms with Gasteiger partial charge in [-0.25, -0.2) is 0 Å². The van der Waals surface area contributed by atoms with Crippen LogP contribution in [0, 0.1) is 0 Å². The zero-order chi connectivity index (χ0) is 28.3. The summed E-state index contributed by atoms with van der Waals surface area (Å²) in [4.78, 5) is 2.46. The summed E-state index contributed by atoms with van der Waals surface area (Å²) in [5.74, 6) is 0. The minimum absolute atomic E-state index is 0.576. The lowest BCUT2D eigenvalue weighted by molar-refractivity contribution is 1.29. The number of rotatable bonds is 4. The molecule has 0 radical (unpaired) electrons. The molecule has 202 valence electrons. The summed E-state index contributed by atoms with van der Waals surface area (Å²) < 4.78 is 2.79.